The molecule has 0 aliphatic carbocycles. The number of carbonyl (C=O) groups excluding carboxylic acids is 3. The molecule has 2 aliphatic heterocycles. The molecule has 4 N–H and O–H groups in total. The summed E-state index contributed by atoms with van der Waals surface area (Å²) in [6.45, 7) is 4.68. The number of carbonyl (C=O) groups is 4. The maximum atomic E-state index is 12.7. The number of hydrogen-bond acceptors (Lipinski definition) is 10. The van der Waals surface area contributed by atoms with E-state index < -0.39 is 35.2 Å². The molecule has 3 heterocycles. The summed E-state index contributed by atoms with van der Waals surface area (Å²) >= 11 is 2.34. The highest BCUT2D eigenvalue weighted by atomic mass is 32.2. The largest absolute Gasteiger partial charge is 0.477 e. The van der Waals surface area contributed by atoms with Gasteiger partial charge in [0.1, 0.15) is 22.8 Å². The van der Waals surface area contributed by atoms with Crippen molar-refractivity contribution in [2.45, 2.75) is 18.3 Å². The topological polar surface area (TPSA) is 164 Å². The number of thiazole rings is 1. The molecule has 2 aliphatic rings. The summed E-state index contributed by atoms with van der Waals surface area (Å²) in [4.78, 5) is 57.4. The number of allylic oxidation sites excluding steroid dienone is 1. The molecule has 0 aromatic carbocycles. The van der Waals surface area contributed by atoms with E-state index in [1.165, 1.54) is 23.2 Å². The van der Waals surface area contributed by atoms with E-state index in [0.29, 0.717) is 11.3 Å². The number of aliphatic carboxylic acids is 1. The molecule has 2 atom stereocenters. The Labute approximate surface area is 172 Å². The predicted molar refractivity (Wildman–Crippen MR) is 105 cm³/mol. The van der Waals surface area contributed by atoms with Crippen molar-refractivity contribution in [1.29, 1.82) is 0 Å². The van der Waals surface area contributed by atoms with Crippen molar-refractivity contribution < 1.29 is 29.1 Å². The number of nitrogens with two attached hydrogens (primary N) is 1. The fourth-order valence-corrected chi connectivity index (χ4v) is 4.61. The summed E-state index contributed by atoms with van der Waals surface area (Å²) in [5, 5.41) is 16.5. The van der Waals surface area contributed by atoms with Crippen molar-refractivity contribution >= 4 is 57.7 Å². The first-order valence-corrected chi connectivity index (χ1v) is 9.98. The molecule has 0 saturated carbocycles. The Bertz CT molecular complexity index is 984. The number of β-lactam (4-membered cyclic amide) rings is 1. The monoisotopic (exact) mass is 437 g/mol. The molecule has 13 heteroatoms. The Morgan fingerprint density at radius 1 is 1.52 bits per heavy atom. The minimum atomic E-state index is -1.25. The van der Waals surface area contributed by atoms with Crippen LogP contribution in [0.5, 0.6) is 0 Å². The van der Waals surface area contributed by atoms with Gasteiger partial charge < -0.3 is 21.0 Å². The number of hydrogen-bond donors (Lipinski definition) is 3. The molecule has 29 heavy (non-hydrogen) atoms. The van der Waals surface area contributed by atoms with Crippen molar-refractivity contribution in [3.05, 3.63) is 35.0 Å². The predicted octanol–water partition coefficient (Wildman–Crippen LogP) is -0.0829. The van der Waals surface area contributed by atoms with Gasteiger partial charge in [0.25, 0.3) is 11.8 Å². The summed E-state index contributed by atoms with van der Waals surface area (Å²) < 4.78 is 0. The lowest BCUT2D eigenvalue weighted by atomic mass is 10.0. The Morgan fingerprint density at radius 2 is 2.24 bits per heavy atom. The van der Waals surface area contributed by atoms with Crippen LogP contribution in [0.1, 0.15) is 12.6 Å². The lowest BCUT2D eigenvalue weighted by Gasteiger charge is -2.49. The van der Waals surface area contributed by atoms with Gasteiger partial charge in [-0.15, -0.1) is 23.1 Å². The van der Waals surface area contributed by atoms with Crippen LogP contribution in [0.3, 0.4) is 0 Å². The number of nitrogens with zero attached hydrogens (tertiary/aromatic N) is 3. The van der Waals surface area contributed by atoms with Crippen LogP contribution in [0.15, 0.2) is 34.5 Å². The average Bonchev–Trinajstić information content (AvgIpc) is 3.10. The molecule has 1 fully saturated rings. The summed E-state index contributed by atoms with van der Waals surface area (Å²) in [6, 6.07) is -0.980. The second-order valence-corrected chi connectivity index (χ2v) is 7.83. The Hall–Kier alpha value is -3.19. The number of fused-ring (bicyclic) bond motifs is 1. The molecular weight excluding hydrogens is 422 g/mol. The van der Waals surface area contributed by atoms with Gasteiger partial charge in [-0.2, -0.15) is 0 Å². The maximum absolute atomic E-state index is 12.7. The maximum Gasteiger partial charge on any atom is 0.352 e. The first-order valence-electron chi connectivity index (χ1n) is 8.06. The first-order chi connectivity index (χ1) is 13.7. The third-order valence-electron chi connectivity index (χ3n) is 3.98. The third kappa shape index (κ3) is 3.86. The third-order valence-corrected chi connectivity index (χ3v) is 5.95. The molecule has 1 unspecified atom stereocenters. The van der Waals surface area contributed by atoms with Gasteiger partial charge in [0.15, 0.2) is 10.8 Å². The van der Waals surface area contributed by atoms with Gasteiger partial charge in [-0.25, -0.2) is 14.6 Å². The van der Waals surface area contributed by atoms with E-state index in [-0.39, 0.29) is 22.2 Å². The number of aromatic nitrogens is 1. The fraction of sp³-hybridized carbons (Fsp3) is 0.250. The van der Waals surface area contributed by atoms with Gasteiger partial charge in [0.2, 0.25) is 0 Å². The molecule has 0 bridgehead atoms. The molecule has 3 rings (SSSR count). The van der Waals surface area contributed by atoms with Crippen LogP contribution in [0.25, 0.3) is 0 Å². The van der Waals surface area contributed by atoms with Gasteiger partial charge in [0.05, 0.1) is 0 Å². The fourth-order valence-electron chi connectivity index (χ4n) is 2.72. The highest BCUT2D eigenvalue weighted by molar-refractivity contribution is 8.00. The quantitative estimate of drug-likeness (QED) is 0.239. The number of oxime groups is 1. The van der Waals surface area contributed by atoms with Gasteiger partial charge >= 0.3 is 11.9 Å². The number of carboxylic acid groups (broad SMARTS) is 1. The lowest BCUT2D eigenvalue weighted by Crippen LogP contribution is -2.71. The number of thioether (sulfide) groups is 1. The van der Waals surface area contributed by atoms with Crippen LogP contribution >= 0.6 is 23.1 Å². The standard InChI is InChI=1S/C16H15N5O6S2/c1-3-7-4-28-14-10(13(24)21(14)11(7)15(25)26)19-12(23)9(20-27-6(2)22)8-5-29-16(17)18-8/h3,5,10,14H,1,4H2,2H3,(H2,17,18)(H,19,23)(H,25,26)/b20-9+/t10?,14-/m1/s1. The highest BCUT2D eigenvalue weighted by Crippen LogP contribution is 2.40. The smallest absolute Gasteiger partial charge is 0.352 e. The number of anilines is 1. The van der Waals surface area contributed by atoms with Crippen LogP contribution in [0.4, 0.5) is 5.13 Å². The SMILES string of the molecule is C=CC1=C(C(=O)O)N2C(=O)C(NC(=O)/C(=N/OC(C)=O)c3csc(N)n3)[C@H]2SC1. The Balaban J connectivity index is 1.82. The van der Waals surface area contributed by atoms with Crippen LogP contribution in [0.2, 0.25) is 0 Å². The number of nitrogens with one attached hydrogen (secondary N) is 1. The van der Waals surface area contributed by atoms with Crippen molar-refractivity contribution in [3.63, 3.8) is 0 Å². The number of nitrogen functional groups attached to an aromatic ring is 1. The van der Waals surface area contributed by atoms with Gasteiger partial charge in [-0.1, -0.05) is 17.8 Å². The van der Waals surface area contributed by atoms with E-state index in [2.05, 4.69) is 26.9 Å². The minimum absolute atomic E-state index is 0.0752. The van der Waals surface area contributed by atoms with E-state index in [9.17, 15) is 24.3 Å². The zero-order valence-corrected chi connectivity index (χ0v) is 16.6. The molecule has 1 aromatic rings. The van der Waals surface area contributed by atoms with Crippen molar-refractivity contribution in [2.24, 2.45) is 5.16 Å². The van der Waals surface area contributed by atoms with Gasteiger partial charge in [-0.05, 0) is 5.57 Å². The molecule has 152 valence electrons. The summed E-state index contributed by atoms with van der Waals surface area (Å²) in [7, 11) is 0. The minimum Gasteiger partial charge on any atom is -0.477 e. The Kier molecular flexibility index (Phi) is 5.70. The summed E-state index contributed by atoms with van der Waals surface area (Å²) in [6.07, 6.45) is 1.39. The first kappa shape index (κ1) is 20.5. The Morgan fingerprint density at radius 3 is 2.79 bits per heavy atom. The molecule has 1 aromatic heterocycles. The lowest BCUT2D eigenvalue weighted by molar-refractivity contribution is -0.150. The van der Waals surface area contributed by atoms with Crippen LogP contribution in [-0.4, -0.2) is 61.6 Å². The summed E-state index contributed by atoms with van der Waals surface area (Å²) in [5.41, 5.74) is 5.58. The highest BCUT2D eigenvalue weighted by Gasteiger charge is 2.54. The molecule has 1 saturated heterocycles. The molecule has 11 nitrogen and oxygen atoms in total. The van der Waals surface area contributed by atoms with Gasteiger partial charge in [-0.3, -0.25) is 14.5 Å². The van der Waals surface area contributed by atoms with Crippen LogP contribution in [-0.2, 0) is 24.0 Å². The second-order valence-electron chi connectivity index (χ2n) is 5.84. The molecule has 0 spiro atoms. The van der Waals surface area contributed by atoms with E-state index in [4.69, 9.17) is 5.73 Å². The van der Waals surface area contributed by atoms with Crippen molar-refractivity contribution in [2.75, 3.05) is 11.5 Å². The zero-order valence-electron chi connectivity index (χ0n) is 14.9. The molecular formula is C16H15N5O6S2. The van der Waals surface area contributed by atoms with Gasteiger partial charge in [0, 0.05) is 18.1 Å². The van der Waals surface area contributed by atoms with Crippen LogP contribution < -0.4 is 11.1 Å². The number of rotatable bonds is 6. The van der Waals surface area contributed by atoms with E-state index >= 15 is 0 Å². The van der Waals surface area contributed by atoms with Crippen LogP contribution in [0, 0.1) is 0 Å². The number of carboxylic acids is 1. The number of amides is 2. The van der Waals surface area contributed by atoms with E-state index in [1.54, 1.807) is 0 Å². The molecule has 0 radical (unpaired) electrons. The average molecular weight is 437 g/mol. The van der Waals surface area contributed by atoms with E-state index in [0.717, 1.165) is 23.2 Å². The second kappa shape index (κ2) is 8.05. The normalized spacial score (nSPS) is 21.2. The van der Waals surface area contributed by atoms with E-state index in [1.807, 2.05) is 0 Å². The molecule has 2 amide bonds. The zero-order chi connectivity index (χ0) is 21.3. The van der Waals surface area contributed by atoms with Crippen molar-refractivity contribution in [3.8, 4) is 0 Å². The summed E-state index contributed by atoms with van der Waals surface area (Å²) in [5.74, 6) is -3.08. The van der Waals surface area contributed by atoms with Crippen molar-refractivity contribution in [1.82, 2.24) is 15.2 Å².